The zero-order valence-corrected chi connectivity index (χ0v) is 13.9. The third kappa shape index (κ3) is 3.45. The van der Waals surface area contributed by atoms with Gasteiger partial charge in [-0.15, -0.1) is 0 Å². The van der Waals surface area contributed by atoms with Crippen molar-refractivity contribution in [1.29, 1.82) is 0 Å². The number of nitrogens with one attached hydrogen (secondary N) is 1. The van der Waals surface area contributed by atoms with Crippen LogP contribution >= 0.6 is 0 Å². The van der Waals surface area contributed by atoms with E-state index in [2.05, 4.69) is 10.3 Å². The van der Waals surface area contributed by atoms with E-state index < -0.39 is 0 Å². The third-order valence-electron chi connectivity index (χ3n) is 4.23. The number of nitrogens with zero attached hydrogens (tertiary/aromatic N) is 2. The van der Waals surface area contributed by atoms with E-state index in [1.807, 2.05) is 19.1 Å². The summed E-state index contributed by atoms with van der Waals surface area (Å²) in [6.45, 7) is 3.37. The number of aromatic nitrogens is 1. The summed E-state index contributed by atoms with van der Waals surface area (Å²) in [5, 5.41) is 2.89. The van der Waals surface area contributed by atoms with Crippen LogP contribution in [0.5, 0.6) is 17.4 Å². The number of amides is 2. The van der Waals surface area contributed by atoms with Crippen molar-refractivity contribution in [2.24, 2.45) is 0 Å². The van der Waals surface area contributed by atoms with Crippen molar-refractivity contribution in [3.8, 4) is 17.4 Å². The van der Waals surface area contributed by atoms with E-state index in [4.69, 9.17) is 14.2 Å². The highest BCUT2D eigenvalue weighted by Gasteiger charge is 2.28. The van der Waals surface area contributed by atoms with Crippen molar-refractivity contribution in [1.82, 2.24) is 9.88 Å². The van der Waals surface area contributed by atoms with Crippen LogP contribution < -0.4 is 19.5 Å². The van der Waals surface area contributed by atoms with Crippen LogP contribution in [0.3, 0.4) is 0 Å². The van der Waals surface area contributed by atoms with Crippen LogP contribution in [-0.4, -0.2) is 41.9 Å². The molecule has 1 fully saturated rings. The molecule has 4 rings (SSSR count). The lowest BCUT2D eigenvalue weighted by atomic mass is 10.3. The third-order valence-corrected chi connectivity index (χ3v) is 4.23. The number of fused-ring (bicyclic) bond motifs is 1. The van der Waals surface area contributed by atoms with Gasteiger partial charge < -0.3 is 24.4 Å². The lowest BCUT2D eigenvalue weighted by Gasteiger charge is -2.18. The summed E-state index contributed by atoms with van der Waals surface area (Å²) in [7, 11) is 0. The molecule has 2 amide bonds. The molecule has 25 heavy (non-hydrogen) atoms. The molecule has 2 aromatic rings. The minimum absolute atomic E-state index is 0.0438. The first-order valence-corrected chi connectivity index (χ1v) is 8.22. The van der Waals surface area contributed by atoms with E-state index in [1.54, 1.807) is 29.3 Å². The Morgan fingerprint density at radius 3 is 3.00 bits per heavy atom. The van der Waals surface area contributed by atoms with Crippen molar-refractivity contribution in [2.75, 3.05) is 25.2 Å². The zero-order valence-electron chi connectivity index (χ0n) is 13.9. The maximum Gasteiger partial charge on any atom is 0.321 e. The maximum absolute atomic E-state index is 12.4. The van der Waals surface area contributed by atoms with E-state index in [0.717, 1.165) is 12.0 Å². The quantitative estimate of drug-likeness (QED) is 0.929. The number of rotatable bonds is 3. The number of likely N-dealkylation sites (tertiary alicyclic amines) is 1. The summed E-state index contributed by atoms with van der Waals surface area (Å²) in [4.78, 5) is 18.4. The fraction of sp³-hybridized carbons (Fsp3) is 0.333. The molecular formula is C18H19N3O4. The Bertz CT molecular complexity index is 778. The SMILES string of the molecule is Cc1ccc(OC2CCN(C(=O)Nc3ccc4c(c3)OCO4)C2)nc1. The number of hydrogen-bond donors (Lipinski definition) is 1. The molecule has 1 N–H and O–H groups in total. The standard InChI is InChI=1S/C18H19N3O4/c1-12-2-5-17(19-9-12)25-14-6-7-21(10-14)18(22)20-13-3-4-15-16(8-13)24-11-23-15/h2-5,8-9,14H,6-7,10-11H2,1H3,(H,20,22). The minimum Gasteiger partial charge on any atom is -0.472 e. The Morgan fingerprint density at radius 1 is 1.28 bits per heavy atom. The lowest BCUT2D eigenvalue weighted by Crippen LogP contribution is -2.34. The average molecular weight is 341 g/mol. The first-order valence-electron chi connectivity index (χ1n) is 8.22. The predicted octanol–water partition coefficient (Wildman–Crippen LogP) is 2.80. The molecule has 1 aromatic carbocycles. The number of carbonyl (C=O) groups is 1. The summed E-state index contributed by atoms with van der Waals surface area (Å²) in [6, 6.07) is 9.01. The second-order valence-corrected chi connectivity index (χ2v) is 6.15. The highest BCUT2D eigenvalue weighted by atomic mass is 16.7. The molecule has 0 aliphatic carbocycles. The van der Waals surface area contributed by atoms with E-state index in [1.165, 1.54) is 0 Å². The average Bonchev–Trinajstić information content (AvgIpc) is 3.26. The van der Waals surface area contributed by atoms with E-state index in [-0.39, 0.29) is 18.9 Å². The molecule has 0 spiro atoms. The summed E-state index contributed by atoms with van der Waals surface area (Å²) in [6.07, 6.45) is 2.51. The molecule has 7 nitrogen and oxygen atoms in total. The van der Waals surface area contributed by atoms with Crippen molar-refractivity contribution in [3.05, 3.63) is 42.1 Å². The molecule has 1 aromatic heterocycles. The fourth-order valence-electron chi connectivity index (χ4n) is 2.88. The first-order chi connectivity index (χ1) is 12.2. The van der Waals surface area contributed by atoms with Crippen molar-refractivity contribution < 1.29 is 19.0 Å². The topological polar surface area (TPSA) is 72.9 Å². The van der Waals surface area contributed by atoms with Crippen LogP contribution in [0, 0.1) is 6.92 Å². The normalized spacial score (nSPS) is 18.3. The van der Waals surface area contributed by atoms with Gasteiger partial charge in [-0.3, -0.25) is 0 Å². The fourth-order valence-corrected chi connectivity index (χ4v) is 2.88. The highest BCUT2D eigenvalue weighted by molar-refractivity contribution is 5.90. The summed E-state index contributed by atoms with van der Waals surface area (Å²) in [5.74, 6) is 1.93. The Morgan fingerprint density at radius 2 is 2.16 bits per heavy atom. The minimum atomic E-state index is -0.151. The van der Waals surface area contributed by atoms with Crippen molar-refractivity contribution in [2.45, 2.75) is 19.4 Å². The Kier molecular flexibility index (Phi) is 4.05. The smallest absolute Gasteiger partial charge is 0.321 e. The molecule has 1 saturated heterocycles. The summed E-state index contributed by atoms with van der Waals surface area (Å²) >= 11 is 0. The first kappa shape index (κ1) is 15.6. The van der Waals surface area contributed by atoms with Crippen LogP contribution in [0.1, 0.15) is 12.0 Å². The zero-order chi connectivity index (χ0) is 17.2. The number of anilines is 1. The molecule has 2 aliphatic heterocycles. The molecule has 3 heterocycles. The van der Waals surface area contributed by atoms with E-state index >= 15 is 0 Å². The van der Waals surface area contributed by atoms with Gasteiger partial charge in [0.15, 0.2) is 11.5 Å². The van der Waals surface area contributed by atoms with Gasteiger partial charge in [-0.05, 0) is 24.6 Å². The maximum atomic E-state index is 12.4. The van der Waals surface area contributed by atoms with Crippen molar-refractivity contribution >= 4 is 11.7 Å². The van der Waals surface area contributed by atoms with E-state index in [9.17, 15) is 4.79 Å². The van der Waals surface area contributed by atoms with Gasteiger partial charge in [0, 0.05) is 37.0 Å². The number of ether oxygens (including phenoxy) is 3. The van der Waals surface area contributed by atoms with Gasteiger partial charge in [-0.1, -0.05) is 6.07 Å². The van der Waals surface area contributed by atoms with Crippen LogP contribution in [-0.2, 0) is 0 Å². The Labute approximate surface area is 145 Å². The monoisotopic (exact) mass is 341 g/mol. The van der Waals surface area contributed by atoms with Crippen LogP contribution in [0.4, 0.5) is 10.5 Å². The Balaban J connectivity index is 1.33. The second-order valence-electron chi connectivity index (χ2n) is 6.15. The summed E-state index contributed by atoms with van der Waals surface area (Å²) < 4.78 is 16.4. The molecule has 1 unspecified atom stereocenters. The van der Waals surface area contributed by atoms with Gasteiger partial charge in [-0.2, -0.15) is 0 Å². The van der Waals surface area contributed by atoms with Gasteiger partial charge in [-0.25, -0.2) is 9.78 Å². The van der Waals surface area contributed by atoms with Gasteiger partial charge in [0.1, 0.15) is 6.10 Å². The predicted molar refractivity (Wildman–Crippen MR) is 91.2 cm³/mol. The molecular weight excluding hydrogens is 322 g/mol. The van der Waals surface area contributed by atoms with Gasteiger partial charge in [0.05, 0.1) is 6.54 Å². The number of carbonyl (C=O) groups excluding carboxylic acids is 1. The molecule has 1 atom stereocenters. The molecule has 2 aliphatic rings. The van der Waals surface area contributed by atoms with E-state index in [0.29, 0.717) is 36.2 Å². The molecule has 0 radical (unpaired) electrons. The van der Waals surface area contributed by atoms with Crippen LogP contribution in [0.2, 0.25) is 0 Å². The number of urea groups is 1. The van der Waals surface area contributed by atoms with Gasteiger partial charge in [0.2, 0.25) is 12.7 Å². The molecule has 0 bridgehead atoms. The largest absolute Gasteiger partial charge is 0.472 e. The van der Waals surface area contributed by atoms with Gasteiger partial charge >= 0.3 is 6.03 Å². The lowest BCUT2D eigenvalue weighted by molar-refractivity contribution is 0.174. The van der Waals surface area contributed by atoms with Crippen LogP contribution in [0.25, 0.3) is 0 Å². The second kappa shape index (κ2) is 6.51. The van der Waals surface area contributed by atoms with Crippen molar-refractivity contribution in [3.63, 3.8) is 0 Å². The number of aryl methyl sites for hydroxylation is 1. The van der Waals surface area contributed by atoms with Gasteiger partial charge in [0.25, 0.3) is 0 Å². The number of hydrogen-bond acceptors (Lipinski definition) is 5. The number of benzene rings is 1. The number of pyridine rings is 1. The Hall–Kier alpha value is -2.96. The molecule has 0 saturated carbocycles. The molecule has 7 heteroatoms. The highest BCUT2D eigenvalue weighted by Crippen LogP contribution is 2.34. The summed E-state index contributed by atoms with van der Waals surface area (Å²) in [5.41, 5.74) is 1.77. The van der Waals surface area contributed by atoms with Crippen LogP contribution in [0.15, 0.2) is 36.5 Å². The molecule has 130 valence electrons.